The molecule has 12 heavy (non-hydrogen) atoms. The van der Waals surface area contributed by atoms with Gasteiger partial charge in [0.05, 0.1) is 13.2 Å². The number of hydrogen-bond acceptors (Lipinski definition) is 5. The number of rotatable bonds is 6. The minimum Gasteiger partial charge on any atom is -0.379 e. The van der Waals surface area contributed by atoms with Gasteiger partial charge < -0.3 is 10.5 Å². The van der Waals surface area contributed by atoms with Crippen LogP contribution in [0.3, 0.4) is 0 Å². The average molecular weight is 188 g/mol. The Bertz CT molecular complexity index is 191. The lowest BCUT2D eigenvalue weighted by Crippen LogP contribution is -2.09. The third kappa shape index (κ3) is 3.70. The van der Waals surface area contributed by atoms with Gasteiger partial charge in [0, 0.05) is 12.3 Å². The van der Waals surface area contributed by atoms with E-state index in [2.05, 4.69) is 15.2 Å². The van der Waals surface area contributed by atoms with E-state index < -0.39 is 0 Å². The highest BCUT2D eigenvalue weighted by Crippen LogP contribution is 2.09. The first-order valence-electron chi connectivity index (χ1n) is 3.69. The van der Waals surface area contributed by atoms with Crippen molar-refractivity contribution in [3.8, 4) is 0 Å². The summed E-state index contributed by atoms with van der Waals surface area (Å²) in [6.07, 6.45) is 1.49. The molecule has 3 N–H and O–H groups in total. The van der Waals surface area contributed by atoms with Crippen molar-refractivity contribution >= 4 is 11.8 Å². The minimum absolute atomic E-state index is 0.576. The van der Waals surface area contributed by atoms with Crippen molar-refractivity contribution in [1.29, 1.82) is 0 Å². The van der Waals surface area contributed by atoms with Crippen molar-refractivity contribution in [2.45, 2.75) is 5.16 Å². The predicted octanol–water partition coefficient (Wildman–Crippen LogP) is -0.128. The second-order valence-electron chi connectivity index (χ2n) is 2.04. The number of H-pyrrole nitrogens is 1. The number of nitrogens with one attached hydrogen (secondary N) is 1. The van der Waals surface area contributed by atoms with Crippen LogP contribution in [0.2, 0.25) is 0 Å². The number of hydrogen-bond donors (Lipinski definition) is 2. The maximum absolute atomic E-state index is 5.25. The summed E-state index contributed by atoms with van der Waals surface area (Å²) in [6.45, 7) is 1.90. The molecule has 0 fully saturated rings. The first kappa shape index (κ1) is 9.50. The number of nitrogens with two attached hydrogens (primary N) is 1. The molecule has 1 rings (SSSR count). The van der Waals surface area contributed by atoms with Gasteiger partial charge in [0.25, 0.3) is 0 Å². The molecule has 1 aromatic rings. The Labute approximate surface area is 75.1 Å². The smallest absolute Gasteiger partial charge is 0.183 e. The van der Waals surface area contributed by atoms with Crippen LogP contribution in [0.4, 0.5) is 0 Å². The molecular weight excluding hydrogens is 176 g/mol. The number of thioether (sulfide) groups is 1. The lowest BCUT2D eigenvalue weighted by atomic mass is 10.7. The zero-order valence-electron chi connectivity index (χ0n) is 6.69. The highest BCUT2D eigenvalue weighted by atomic mass is 32.2. The van der Waals surface area contributed by atoms with E-state index in [1.54, 1.807) is 11.8 Å². The molecule has 0 aliphatic rings. The van der Waals surface area contributed by atoms with Gasteiger partial charge in [-0.1, -0.05) is 11.8 Å². The standard InChI is InChI=1S/C6H12N4OS/c7-1-2-11-3-4-12-6-8-5-9-10-6/h5H,1-4,7H2,(H,8,9,10). The molecule has 0 aromatic carbocycles. The van der Waals surface area contributed by atoms with Crippen LogP contribution < -0.4 is 5.73 Å². The van der Waals surface area contributed by atoms with E-state index in [1.807, 2.05) is 0 Å². The second-order valence-corrected chi connectivity index (χ2v) is 3.12. The summed E-state index contributed by atoms with van der Waals surface area (Å²) in [6, 6.07) is 0. The van der Waals surface area contributed by atoms with Crippen molar-refractivity contribution in [2.24, 2.45) is 5.73 Å². The Morgan fingerprint density at radius 2 is 2.50 bits per heavy atom. The van der Waals surface area contributed by atoms with Crippen molar-refractivity contribution in [2.75, 3.05) is 25.5 Å². The van der Waals surface area contributed by atoms with Crippen LogP contribution in [0.5, 0.6) is 0 Å². The molecule has 0 saturated carbocycles. The lowest BCUT2D eigenvalue weighted by molar-refractivity contribution is 0.158. The summed E-state index contributed by atoms with van der Waals surface area (Å²) in [7, 11) is 0. The molecule has 0 amide bonds. The fourth-order valence-electron chi connectivity index (χ4n) is 0.646. The Kier molecular flexibility index (Phi) is 4.74. The lowest BCUT2D eigenvalue weighted by Gasteiger charge is -1.99. The Morgan fingerprint density at radius 1 is 1.58 bits per heavy atom. The van der Waals surface area contributed by atoms with Gasteiger partial charge in [-0.15, -0.1) is 0 Å². The summed E-state index contributed by atoms with van der Waals surface area (Å²) < 4.78 is 5.17. The molecule has 0 saturated heterocycles. The van der Waals surface area contributed by atoms with E-state index in [-0.39, 0.29) is 0 Å². The van der Waals surface area contributed by atoms with Crippen molar-refractivity contribution in [1.82, 2.24) is 15.2 Å². The maximum atomic E-state index is 5.25. The van der Waals surface area contributed by atoms with Gasteiger partial charge in [-0.05, 0) is 0 Å². The van der Waals surface area contributed by atoms with Crippen LogP contribution in [0.15, 0.2) is 11.5 Å². The van der Waals surface area contributed by atoms with Crippen LogP contribution in [0.1, 0.15) is 0 Å². The molecule has 0 radical (unpaired) electrons. The number of nitrogens with zero attached hydrogens (tertiary/aromatic N) is 2. The summed E-state index contributed by atoms with van der Waals surface area (Å²) >= 11 is 1.58. The monoisotopic (exact) mass is 188 g/mol. The summed E-state index contributed by atoms with van der Waals surface area (Å²) in [5.41, 5.74) is 5.25. The van der Waals surface area contributed by atoms with E-state index in [4.69, 9.17) is 10.5 Å². The fraction of sp³-hybridized carbons (Fsp3) is 0.667. The molecule has 0 unspecified atom stereocenters. The van der Waals surface area contributed by atoms with Gasteiger partial charge in [0.15, 0.2) is 5.16 Å². The van der Waals surface area contributed by atoms with E-state index in [0.717, 1.165) is 10.9 Å². The molecule has 1 aromatic heterocycles. The normalized spacial score (nSPS) is 10.4. The molecule has 0 aliphatic carbocycles. The number of ether oxygens (including phenoxy) is 1. The van der Waals surface area contributed by atoms with Crippen LogP contribution in [0, 0.1) is 0 Å². The van der Waals surface area contributed by atoms with Gasteiger partial charge >= 0.3 is 0 Å². The van der Waals surface area contributed by atoms with Gasteiger partial charge in [-0.25, -0.2) is 4.98 Å². The molecule has 5 nitrogen and oxygen atoms in total. The van der Waals surface area contributed by atoms with Crippen LogP contribution in [0.25, 0.3) is 0 Å². The van der Waals surface area contributed by atoms with Gasteiger partial charge in [0.1, 0.15) is 6.33 Å². The Balaban J connectivity index is 1.96. The first-order chi connectivity index (χ1) is 5.93. The molecule has 0 bridgehead atoms. The molecular formula is C6H12N4OS. The van der Waals surface area contributed by atoms with Gasteiger partial charge in [-0.2, -0.15) is 5.10 Å². The van der Waals surface area contributed by atoms with Crippen molar-refractivity contribution in [3.63, 3.8) is 0 Å². The largest absolute Gasteiger partial charge is 0.379 e. The topological polar surface area (TPSA) is 76.8 Å². The molecule has 0 atom stereocenters. The van der Waals surface area contributed by atoms with Crippen LogP contribution in [-0.2, 0) is 4.74 Å². The van der Waals surface area contributed by atoms with Crippen LogP contribution >= 0.6 is 11.8 Å². The van der Waals surface area contributed by atoms with E-state index in [0.29, 0.717) is 19.8 Å². The molecule has 0 spiro atoms. The Morgan fingerprint density at radius 3 is 3.17 bits per heavy atom. The minimum atomic E-state index is 0.576. The third-order valence-corrected chi connectivity index (χ3v) is 1.96. The van der Waals surface area contributed by atoms with Crippen molar-refractivity contribution < 1.29 is 4.74 Å². The zero-order chi connectivity index (χ0) is 8.65. The summed E-state index contributed by atoms with van der Waals surface area (Å²) in [5, 5.41) is 7.29. The van der Waals surface area contributed by atoms with Crippen LogP contribution in [-0.4, -0.2) is 40.7 Å². The maximum Gasteiger partial charge on any atom is 0.183 e. The number of aromatic amines is 1. The quantitative estimate of drug-likeness (QED) is 0.480. The van der Waals surface area contributed by atoms with Crippen molar-refractivity contribution in [3.05, 3.63) is 6.33 Å². The summed E-state index contributed by atoms with van der Waals surface area (Å²) in [5.74, 6) is 0.870. The molecule has 6 heteroatoms. The van der Waals surface area contributed by atoms with E-state index in [1.165, 1.54) is 6.33 Å². The fourth-order valence-corrected chi connectivity index (χ4v) is 1.28. The average Bonchev–Trinajstić information content (AvgIpc) is 2.57. The molecule has 0 aliphatic heterocycles. The predicted molar refractivity (Wildman–Crippen MR) is 47.0 cm³/mol. The highest BCUT2D eigenvalue weighted by molar-refractivity contribution is 7.99. The summed E-state index contributed by atoms with van der Waals surface area (Å²) in [4.78, 5) is 3.95. The van der Waals surface area contributed by atoms with E-state index in [9.17, 15) is 0 Å². The van der Waals surface area contributed by atoms with Gasteiger partial charge in [-0.3, -0.25) is 5.10 Å². The first-order valence-corrected chi connectivity index (χ1v) is 4.68. The zero-order valence-corrected chi connectivity index (χ0v) is 7.51. The Hall–Kier alpha value is -0.590. The van der Waals surface area contributed by atoms with E-state index >= 15 is 0 Å². The molecule has 68 valence electrons. The number of aromatic nitrogens is 3. The molecule has 1 heterocycles. The highest BCUT2D eigenvalue weighted by Gasteiger charge is 1.94. The third-order valence-electron chi connectivity index (χ3n) is 1.12. The second kappa shape index (κ2) is 5.99. The SMILES string of the molecule is NCCOCCSc1ncn[nH]1. The van der Waals surface area contributed by atoms with Gasteiger partial charge in [0.2, 0.25) is 0 Å².